The Bertz CT molecular complexity index is 695. The van der Waals surface area contributed by atoms with Gasteiger partial charge in [0, 0.05) is 24.7 Å². The van der Waals surface area contributed by atoms with Crippen LogP contribution in [0.5, 0.6) is 0 Å². The summed E-state index contributed by atoms with van der Waals surface area (Å²) in [6.07, 6.45) is 7.41. The van der Waals surface area contributed by atoms with Crippen LogP contribution in [0.4, 0.5) is 5.82 Å². The molecule has 0 aromatic carbocycles. The van der Waals surface area contributed by atoms with Crippen molar-refractivity contribution < 1.29 is 14.3 Å². The second kappa shape index (κ2) is 7.84. The Hall–Kier alpha value is -3.02. The van der Waals surface area contributed by atoms with E-state index < -0.39 is 5.97 Å². The number of pyridine rings is 2. The van der Waals surface area contributed by atoms with Crippen molar-refractivity contribution in [3.05, 3.63) is 60.1 Å². The maximum atomic E-state index is 12.0. The maximum Gasteiger partial charge on any atom is 0.331 e. The Morgan fingerprint density at radius 2 is 2.04 bits per heavy atom. The molecule has 1 N–H and O–H groups in total. The van der Waals surface area contributed by atoms with E-state index in [1.165, 1.54) is 12.3 Å². The minimum absolute atomic E-state index is 0.157. The summed E-state index contributed by atoms with van der Waals surface area (Å²) in [7, 11) is 0. The van der Waals surface area contributed by atoms with Gasteiger partial charge in [-0.15, -0.1) is 0 Å². The first-order valence-corrected chi connectivity index (χ1v) is 7.11. The van der Waals surface area contributed by atoms with Gasteiger partial charge in [-0.2, -0.15) is 0 Å². The van der Waals surface area contributed by atoms with Gasteiger partial charge in [-0.05, 0) is 49.8 Å². The lowest BCUT2D eigenvalue weighted by molar-refractivity contribution is -0.141. The molecule has 1 amide bonds. The molecule has 0 saturated heterocycles. The van der Waals surface area contributed by atoms with Gasteiger partial charge >= 0.3 is 5.97 Å². The fourth-order valence-corrected chi connectivity index (χ4v) is 1.70. The largest absolute Gasteiger partial charge is 0.460 e. The minimum atomic E-state index is -0.408. The topological polar surface area (TPSA) is 81.2 Å². The number of hydrogen-bond donors (Lipinski definition) is 1. The van der Waals surface area contributed by atoms with Crippen molar-refractivity contribution in [3.8, 4) is 0 Å². The van der Waals surface area contributed by atoms with Crippen molar-refractivity contribution >= 4 is 23.8 Å². The first-order valence-electron chi connectivity index (χ1n) is 7.11. The fraction of sp³-hybridized carbons (Fsp3) is 0.176. The molecule has 2 aromatic heterocycles. The lowest BCUT2D eigenvalue weighted by Gasteiger charge is -2.05. The number of nitrogens with one attached hydrogen (secondary N) is 1. The lowest BCUT2D eigenvalue weighted by atomic mass is 10.2. The zero-order chi connectivity index (χ0) is 16.7. The first-order chi connectivity index (χ1) is 11.0. The average molecular weight is 311 g/mol. The number of aromatic nitrogens is 2. The molecule has 2 heterocycles. The molecule has 6 nitrogen and oxygen atoms in total. The number of esters is 1. The Morgan fingerprint density at radius 3 is 2.65 bits per heavy atom. The zero-order valence-corrected chi connectivity index (χ0v) is 12.9. The highest BCUT2D eigenvalue weighted by molar-refractivity contribution is 6.03. The van der Waals surface area contributed by atoms with E-state index in [4.69, 9.17) is 4.74 Å². The second-order valence-corrected chi connectivity index (χ2v) is 4.99. The van der Waals surface area contributed by atoms with E-state index in [1.54, 1.807) is 56.6 Å². The van der Waals surface area contributed by atoms with Crippen LogP contribution in [0, 0.1) is 0 Å². The van der Waals surface area contributed by atoms with E-state index in [0.717, 1.165) is 5.56 Å². The monoisotopic (exact) mass is 311 g/mol. The van der Waals surface area contributed by atoms with Crippen LogP contribution in [0.2, 0.25) is 0 Å². The van der Waals surface area contributed by atoms with Gasteiger partial charge in [0.2, 0.25) is 0 Å². The van der Waals surface area contributed by atoms with Crippen molar-refractivity contribution in [2.24, 2.45) is 0 Å². The maximum absolute atomic E-state index is 12.0. The molecular formula is C17H17N3O3. The summed E-state index contributed by atoms with van der Waals surface area (Å²) in [5, 5.41) is 2.67. The summed E-state index contributed by atoms with van der Waals surface area (Å²) in [4.78, 5) is 31.4. The first kappa shape index (κ1) is 16.4. The minimum Gasteiger partial charge on any atom is -0.460 e. The van der Waals surface area contributed by atoms with Crippen LogP contribution in [-0.2, 0) is 9.53 Å². The molecule has 0 saturated carbocycles. The summed E-state index contributed by atoms with van der Waals surface area (Å²) >= 11 is 0. The third-order valence-electron chi connectivity index (χ3n) is 2.72. The molecule has 0 unspecified atom stereocenters. The summed E-state index contributed by atoms with van der Waals surface area (Å²) < 4.78 is 4.99. The van der Waals surface area contributed by atoms with Gasteiger partial charge in [-0.1, -0.05) is 0 Å². The van der Waals surface area contributed by atoms with Crippen LogP contribution >= 0.6 is 0 Å². The SMILES string of the molecule is CC(C)OC(=O)/C=C/c1ccc(NC(=O)c2cccnc2)nc1. The number of ether oxygens (including phenoxy) is 1. The van der Waals surface area contributed by atoms with E-state index in [0.29, 0.717) is 11.4 Å². The third-order valence-corrected chi connectivity index (χ3v) is 2.72. The van der Waals surface area contributed by atoms with Crippen molar-refractivity contribution in [1.29, 1.82) is 0 Å². The molecule has 118 valence electrons. The highest BCUT2D eigenvalue weighted by Crippen LogP contribution is 2.09. The van der Waals surface area contributed by atoms with Crippen LogP contribution < -0.4 is 5.32 Å². The summed E-state index contributed by atoms with van der Waals surface area (Å²) in [5.41, 5.74) is 1.18. The highest BCUT2D eigenvalue weighted by atomic mass is 16.5. The molecule has 23 heavy (non-hydrogen) atoms. The van der Waals surface area contributed by atoms with Gasteiger partial charge in [0.25, 0.3) is 5.91 Å². The van der Waals surface area contributed by atoms with Crippen molar-refractivity contribution in [3.63, 3.8) is 0 Å². The van der Waals surface area contributed by atoms with Gasteiger partial charge in [0.1, 0.15) is 5.82 Å². The molecule has 0 aliphatic heterocycles. The summed E-state index contributed by atoms with van der Waals surface area (Å²) in [5.74, 6) is -0.274. The number of anilines is 1. The molecule has 0 aliphatic rings. The van der Waals surface area contributed by atoms with E-state index >= 15 is 0 Å². The second-order valence-electron chi connectivity index (χ2n) is 4.99. The fourth-order valence-electron chi connectivity index (χ4n) is 1.70. The number of carbonyl (C=O) groups is 2. The Morgan fingerprint density at radius 1 is 1.22 bits per heavy atom. The number of rotatable bonds is 5. The van der Waals surface area contributed by atoms with E-state index in [1.807, 2.05) is 0 Å². The predicted molar refractivity (Wildman–Crippen MR) is 86.7 cm³/mol. The molecule has 2 aromatic rings. The highest BCUT2D eigenvalue weighted by Gasteiger charge is 2.06. The quantitative estimate of drug-likeness (QED) is 0.678. The normalized spacial score (nSPS) is 10.7. The Balaban J connectivity index is 1.96. The van der Waals surface area contributed by atoms with Crippen molar-refractivity contribution in [1.82, 2.24) is 9.97 Å². The van der Waals surface area contributed by atoms with E-state index in [9.17, 15) is 9.59 Å². The van der Waals surface area contributed by atoms with Gasteiger partial charge in [-0.25, -0.2) is 9.78 Å². The molecule has 6 heteroatoms. The smallest absolute Gasteiger partial charge is 0.331 e. The summed E-state index contributed by atoms with van der Waals surface area (Å²) in [6, 6.07) is 6.75. The van der Waals surface area contributed by atoms with Crippen LogP contribution in [0.3, 0.4) is 0 Å². The van der Waals surface area contributed by atoms with Crippen LogP contribution in [0.1, 0.15) is 29.8 Å². The van der Waals surface area contributed by atoms with Gasteiger partial charge < -0.3 is 10.1 Å². The number of amides is 1. The average Bonchev–Trinajstić information content (AvgIpc) is 2.54. The van der Waals surface area contributed by atoms with Crippen LogP contribution in [0.25, 0.3) is 6.08 Å². The molecule has 0 atom stereocenters. The number of carbonyl (C=O) groups excluding carboxylic acids is 2. The molecule has 0 bridgehead atoms. The zero-order valence-electron chi connectivity index (χ0n) is 12.9. The van der Waals surface area contributed by atoms with Crippen LogP contribution in [-0.4, -0.2) is 27.9 Å². The van der Waals surface area contributed by atoms with Crippen molar-refractivity contribution in [2.45, 2.75) is 20.0 Å². The van der Waals surface area contributed by atoms with Gasteiger partial charge in [0.15, 0.2) is 0 Å². The Labute approximate surface area is 134 Å². The molecule has 0 radical (unpaired) electrons. The molecule has 0 spiro atoms. The van der Waals surface area contributed by atoms with E-state index in [2.05, 4.69) is 15.3 Å². The van der Waals surface area contributed by atoms with E-state index in [-0.39, 0.29) is 12.0 Å². The van der Waals surface area contributed by atoms with Gasteiger partial charge in [-0.3, -0.25) is 9.78 Å². The van der Waals surface area contributed by atoms with Crippen molar-refractivity contribution in [2.75, 3.05) is 5.32 Å². The number of hydrogen-bond acceptors (Lipinski definition) is 5. The van der Waals surface area contributed by atoms with Gasteiger partial charge in [0.05, 0.1) is 11.7 Å². The molecule has 0 fully saturated rings. The van der Waals surface area contributed by atoms with Crippen LogP contribution in [0.15, 0.2) is 48.9 Å². The lowest BCUT2D eigenvalue weighted by Crippen LogP contribution is -2.12. The Kier molecular flexibility index (Phi) is 5.57. The molecule has 0 aliphatic carbocycles. The standard InChI is InChI=1S/C17H17N3O3/c1-12(2)23-16(21)8-6-13-5-7-15(19-10-13)20-17(22)14-4-3-9-18-11-14/h3-12H,1-2H3,(H,19,20,22)/b8-6+. The molecule has 2 rings (SSSR count). The molecular weight excluding hydrogens is 294 g/mol. The number of nitrogens with zero attached hydrogens (tertiary/aromatic N) is 2. The predicted octanol–water partition coefficient (Wildman–Crippen LogP) is 2.69. The summed E-state index contributed by atoms with van der Waals surface area (Å²) in [6.45, 7) is 3.57. The third kappa shape index (κ3) is 5.35.